The molecule has 106 valence electrons. The highest BCUT2D eigenvalue weighted by Crippen LogP contribution is 2.29. The summed E-state index contributed by atoms with van der Waals surface area (Å²) < 4.78 is 10.3. The van der Waals surface area contributed by atoms with Crippen molar-refractivity contribution in [2.45, 2.75) is 0 Å². The standard InChI is InChI=1S/C15H13N3O3/c1-20-13-6-5-11(7-14(13)21-2)18-15(19)10-3-4-12(8-16)17-9-10/h3-7,9H,1-2H3,(H,18,19). The number of carbonyl (C=O) groups excluding carboxylic acids is 1. The molecule has 0 unspecified atom stereocenters. The zero-order valence-corrected chi connectivity index (χ0v) is 11.6. The average Bonchev–Trinajstić information content (AvgIpc) is 2.54. The molecule has 1 amide bonds. The van der Waals surface area contributed by atoms with Crippen LogP contribution in [-0.4, -0.2) is 25.1 Å². The largest absolute Gasteiger partial charge is 0.493 e. The Kier molecular flexibility index (Phi) is 4.36. The molecular weight excluding hydrogens is 270 g/mol. The summed E-state index contributed by atoms with van der Waals surface area (Å²) in [6, 6.07) is 10.00. The van der Waals surface area contributed by atoms with Crippen molar-refractivity contribution in [2.75, 3.05) is 19.5 Å². The minimum Gasteiger partial charge on any atom is -0.493 e. The molecule has 0 aliphatic heterocycles. The minimum atomic E-state index is -0.320. The Bertz CT molecular complexity index is 690. The molecule has 21 heavy (non-hydrogen) atoms. The number of nitriles is 1. The van der Waals surface area contributed by atoms with Crippen LogP contribution in [0.25, 0.3) is 0 Å². The van der Waals surface area contributed by atoms with E-state index < -0.39 is 0 Å². The van der Waals surface area contributed by atoms with E-state index in [2.05, 4.69) is 10.3 Å². The number of methoxy groups -OCH3 is 2. The number of amides is 1. The smallest absolute Gasteiger partial charge is 0.257 e. The molecule has 0 spiro atoms. The Balaban J connectivity index is 2.17. The maximum atomic E-state index is 12.1. The number of hydrogen-bond acceptors (Lipinski definition) is 5. The van der Waals surface area contributed by atoms with Gasteiger partial charge in [0, 0.05) is 18.0 Å². The van der Waals surface area contributed by atoms with Gasteiger partial charge in [0.15, 0.2) is 11.5 Å². The third-order valence-electron chi connectivity index (χ3n) is 2.78. The van der Waals surface area contributed by atoms with Gasteiger partial charge in [-0.25, -0.2) is 4.98 Å². The summed E-state index contributed by atoms with van der Waals surface area (Å²) in [7, 11) is 3.06. The maximum absolute atomic E-state index is 12.1. The van der Waals surface area contributed by atoms with Crippen LogP contribution < -0.4 is 14.8 Å². The van der Waals surface area contributed by atoms with Crippen molar-refractivity contribution < 1.29 is 14.3 Å². The molecule has 0 saturated carbocycles. The highest BCUT2D eigenvalue weighted by Gasteiger charge is 2.09. The fraction of sp³-hybridized carbons (Fsp3) is 0.133. The van der Waals surface area contributed by atoms with E-state index in [4.69, 9.17) is 14.7 Å². The van der Waals surface area contributed by atoms with Crippen molar-refractivity contribution in [1.29, 1.82) is 5.26 Å². The predicted octanol–water partition coefficient (Wildman–Crippen LogP) is 2.22. The Morgan fingerprint density at radius 2 is 1.95 bits per heavy atom. The lowest BCUT2D eigenvalue weighted by molar-refractivity contribution is 0.102. The van der Waals surface area contributed by atoms with E-state index in [0.29, 0.717) is 22.7 Å². The zero-order valence-electron chi connectivity index (χ0n) is 11.6. The molecule has 1 aromatic carbocycles. The molecule has 0 saturated heterocycles. The van der Waals surface area contributed by atoms with Gasteiger partial charge < -0.3 is 14.8 Å². The van der Waals surface area contributed by atoms with E-state index >= 15 is 0 Å². The number of nitrogens with one attached hydrogen (secondary N) is 1. The summed E-state index contributed by atoms with van der Waals surface area (Å²) in [5.74, 6) is 0.781. The van der Waals surface area contributed by atoms with E-state index in [0.717, 1.165) is 0 Å². The number of carbonyl (C=O) groups is 1. The topological polar surface area (TPSA) is 84.2 Å². The number of rotatable bonds is 4. The first-order chi connectivity index (χ1) is 10.2. The number of ether oxygens (including phenoxy) is 2. The lowest BCUT2D eigenvalue weighted by Gasteiger charge is -2.10. The third-order valence-corrected chi connectivity index (χ3v) is 2.78. The molecule has 0 aliphatic rings. The van der Waals surface area contributed by atoms with Gasteiger partial charge in [0.25, 0.3) is 5.91 Å². The summed E-state index contributed by atoms with van der Waals surface area (Å²) in [5, 5.41) is 11.4. The van der Waals surface area contributed by atoms with Crippen molar-refractivity contribution in [2.24, 2.45) is 0 Å². The zero-order chi connectivity index (χ0) is 15.2. The molecule has 6 heteroatoms. The van der Waals surface area contributed by atoms with Gasteiger partial charge in [0.1, 0.15) is 11.8 Å². The Hall–Kier alpha value is -3.07. The van der Waals surface area contributed by atoms with E-state index in [-0.39, 0.29) is 11.6 Å². The lowest BCUT2D eigenvalue weighted by atomic mass is 10.2. The first-order valence-electron chi connectivity index (χ1n) is 6.07. The minimum absolute atomic E-state index is 0.262. The van der Waals surface area contributed by atoms with Gasteiger partial charge in [0.05, 0.1) is 19.8 Å². The van der Waals surface area contributed by atoms with Gasteiger partial charge in [-0.3, -0.25) is 4.79 Å². The number of benzene rings is 1. The first kappa shape index (κ1) is 14.3. The van der Waals surface area contributed by atoms with Crippen LogP contribution in [0.15, 0.2) is 36.5 Å². The summed E-state index contributed by atoms with van der Waals surface area (Å²) in [6.45, 7) is 0. The molecule has 1 heterocycles. The van der Waals surface area contributed by atoms with Gasteiger partial charge in [0.2, 0.25) is 0 Å². The second-order valence-electron chi connectivity index (χ2n) is 4.07. The quantitative estimate of drug-likeness (QED) is 0.930. The predicted molar refractivity (Wildman–Crippen MR) is 76.5 cm³/mol. The number of nitrogens with zero attached hydrogens (tertiary/aromatic N) is 2. The maximum Gasteiger partial charge on any atom is 0.257 e. The fourth-order valence-electron chi connectivity index (χ4n) is 1.71. The van der Waals surface area contributed by atoms with Crippen LogP contribution in [0.2, 0.25) is 0 Å². The fourth-order valence-corrected chi connectivity index (χ4v) is 1.71. The average molecular weight is 283 g/mol. The second kappa shape index (κ2) is 6.39. The lowest BCUT2D eigenvalue weighted by Crippen LogP contribution is -2.12. The summed E-state index contributed by atoms with van der Waals surface area (Å²) in [4.78, 5) is 15.9. The molecule has 2 aromatic rings. The Morgan fingerprint density at radius 1 is 1.19 bits per heavy atom. The SMILES string of the molecule is COc1ccc(NC(=O)c2ccc(C#N)nc2)cc1OC. The van der Waals surface area contributed by atoms with Crippen molar-refractivity contribution in [3.8, 4) is 17.6 Å². The Labute approximate surface area is 121 Å². The molecule has 1 aromatic heterocycles. The molecule has 0 atom stereocenters. The third kappa shape index (κ3) is 3.28. The summed E-state index contributed by atoms with van der Waals surface area (Å²) >= 11 is 0. The van der Waals surface area contributed by atoms with Crippen LogP contribution in [0.1, 0.15) is 16.1 Å². The van der Waals surface area contributed by atoms with Gasteiger partial charge >= 0.3 is 0 Å². The number of hydrogen-bond donors (Lipinski definition) is 1. The molecule has 1 N–H and O–H groups in total. The van der Waals surface area contributed by atoms with Gasteiger partial charge in [-0.1, -0.05) is 0 Å². The molecule has 0 radical (unpaired) electrons. The van der Waals surface area contributed by atoms with E-state index in [9.17, 15) is 4.79 Å². The molecule has 2 rings (SSSR count). The van der Waals surface area contributed by atoms with Gasteiger partial charge in [-0.2, -0.15) is 5.26 Å². The summed E-state index contributed by atoms with van der Waals surface area (Å²) in [5.41, 5.74) is 1.20. The van der Waals surface area contributed by atoms with E-state index in [1.807, 2.05) is 6.07 Å². The highest BCUT2D eigenvalue weighted by atomic mass is 16.5. The highest BCUT2D eigenvalue weighted by molar-refractivity contribution is 6.04. The van der Waals surface area contributed by atoms with E-state index in [1.54, 1.807) is 31.4 Å². The normalized spacial score (nSPS) is 9.57. The van der Waals surface area contributed by atoms with Crippen molar-refractivity contribution in [3.63, 3.8) is 0 Å². The number of aromatic nitrogens is 1. The van der Waals surface area contributed by atoms with Crippen LogP contribution in [-0.2, 0) is 0 Å². The van der Waals surface area contributed by atoms with Crippen LogP contribution in [0.3, 0.4) is 0 Å². The second-order valence-corrected chi connectivity index (χ2v) is 4.07. The molecule has 0 bridgehead atoms. The number of anilines is 1. The number of pyridine rings is 1. The van der Waals surface area contributed by atoms with Crippen LogP contribution >= 0.6 is 0 Å². The Morgan fingerprint density at radius 3 is 2.52 bits per heavy atom. The van der Waals surface area contributed by atoms with E-state index in [1.165, 1.54) is 19.4 Å². The van der Waals surface area contributed by atoms with Crippen LogP contribution in [0.4, 0.5) is 5.69 Å². The summed E-state index contributed by atoms with van der Waals surface area (Å²) in [6.07, 6.45) is 1.36. The van der Waals surface area contributed by atoms with Crippen LogP contribution in [0, 0.1) is 11.3 Å². The monoisotopic (exact) mass is 283 g/mol. The first-order valence-corrected chi connectivity index (χ1v) is 6.07. The molecular formula is C15H13N3O3. The van der Waals surface area contributed by atoms with Crippen molar-refractivity contribution >= 4 is 11.6 Å². The molecule has 0 aliphatic carbocycles. The van der Waals surface area contributed by atoms with Gasteiger partial charge in [-0.15, -0.1) is 0 Å². The van der Waals surface area contributed by atoms with Crippen molar-refractivity contribution in [3.05, 3.63) is 47.8 Å². The van der Waals surface area contributed by atoms with Gasteiger partial charge in [-0.05, 0) is 24.3 Å². The van der Waals surface area contributed by atoms with Crippen molar-refractivity contribution in [1.82, 2.24) is 4.98 Å². The molecule has 6 nitrogen and oxygen atoms in total. The van der Waals surface area contributed by atoms with Crippen LogP contribution in [0.5, 0.6) is 11.5 Å². The molecule has 0 fully saturated rings.